The minimum Gasteiger partial charge on any atom is -0.480 e. The summed E-state index contributed by atoms with van der Waals surface area (Å²) >= 11 is 0. The predicted molar refractivity (Wildman–Crippen MR) is 65.7 cm³/mol. The maximum atomic E-state index is 11.0. The lowest BCUT2D eigenvalue weighted by atomic mass is 9.93. The zero-order valence-corrected chi connectivity index (χ0v) is 9.55. The van der Waals surface area contributed by atoms with Crippen molar-refractivity contribution in [2.24, 2.45) is 5.73 Å². The number of hydrogen-bond acceptors (Lipinski definition) is 3. The van der Waals surface area contributed by atoms with E-state index in [0.29, 0.717) is 0 Å². The van der Waals surface area contributed by atoms with Crippen molar-refractivity contribution in [2.75, 3.05) is 0 Å². The van der Waals surface area contributed by atoms with Crippen LogP contribution in [0.15, 0.2) is 36.5 Å². The standard InChI is InChI=1S/C13H14N2O2/c1-13(14,12(16)17)8-10-5-2-4-9-6-3-7-15-11(9)10/h2-7H,8,14H2,1H3,(H,16,17)/t13-/m1/s1. The molecule has 0 saturated heterocycles. The molecule has 1 atom stereocenters. The van der Waals surface area contributed by atoms with Gasteiger partial charge in [0.2, 0.25) is 0 Å². The molecule has 0 aliphatic carbocycles. The van der Waals surface area contributed by atoms with Gasteiger partial charge in [0.25, 0.3) is 0 Å². The number of pyridine rings is 1. The van der Waals surface area contributed by atoms with Crippen LogP contribution < -0.4 is 5.73 Å². The third kappa shape index (κ3) is 2.26. The average Bonchev–Trinajstić information content (AvgIpc) is 2.29. The maximum Gasteiger partial charge on any atom is 0.323 e. The third-order valence-electron chi connectivity index (χ3n) is 2.76. The van der Waals surface area contributed by atoms with Gasteiger partial charge in [0.15, 0.2) is 0 Å². The molecule has 1 aromatic carbocycles. The highest BCUT2D eigenvalue weighted by Gasteiger charge is 2.28. The van der Waals surface area contributed by atoms with Gasteiger partial charge < -0.3 is 10.8 Å². The summed E-state index contributed by atoms with van der Waals surface area (Å²) in [7, 11) is 0. The van der Waals surface area contributed by atoms with Gasteiger partial charge in [-0.2, -0.15) is 0 Å². The highest BCUT2D eigenvalue weighted by atomic mass is 16.4. The summed E-state index contributed by atoms with van der Waals surface area (Å²) < 4.78 is 0. The van der Waals surface area contributed by atoms with E-state index in [2.05, 4.69) is 4.98 Å². The highest BCUT2D eigenvalue weighted by molar-refractivity contribution is 5.84. The molecule has 2 rings (SSSR count). The van der Waals surface area contributed by atoms with E-state index in [4.69, 9.17) is 10.8 Å². The molecule has 0 unspecified atom stereocenters. The number of nitrogens with two attached hydrogens (primary N) is 1. The number of para-hydroxylation sites is 1. The molecule has 0 bridgehead atoms. The number of carboxylic acids is 1. The van der Waals surface area contributed by atoms with Crippen molar-refractivity contribution in [1.29, 1.82) is 0 Å². The fourth-order valence-electron chi connectivity index (χ4n) is 1.78. The Labute approximate surface area is 99.1 Å². The molecule has 0 amide bonds. The first kappa shape index (κ1) is 11.5. The van der Waals surface area contributed by atoms with E-state index in [1.165, 1.54) is 6.92 Å². The van der Waals surface area contributed by atoms with Crippen LogP contribution in [0.5, 0.6) is 0 Å². The molecular formula is C13H14N2O2. The summed E-state index contributed by atoms with van der Waals surface area (Å²) in [5.41, 5.74) is 6.15. The van der Waals surface area contributed by atoms with Crippen LogP contribution in [0.3, 0.4) is 0 Å². The summed E-state index contributed by atoms with van der Waals surface area (Å²) in [4.78, 5) is 15.3. The van der Waals surface area contributed by atoms with Crippen molar-refractivity contribution in [3.05, 3.63) is 42.1 Å². The van der Waals surface area contributed by atoms with E-state index in [-0.39, 0.29) is 6.42 Å². The maximum absolute atomic E-state index is 11.0. The zero-order valence-electron chi connectivity index (χ0n) is 9.55. The van der Waals surface area contributed by atoms with Crippen molar-refractivity contribution in [1.82, 2.24) is 4.98 Å². The Morgan fingerprint density at radius 2 is 2.12 bits per heavy atom. The minimum atomic E-state index is -1.27. The van der Waals surface area contributed by atoms with E-state index < -0.39 is 11.5 Å². The van der Waals surface area contributed by atoms with Crippen LogP contribution in [0, 0.1) is 0 Å². The molecule has 3 N–H and O–H groups in total. The van der Waals surface area contributed by atoms with Gasteiger partial charge in [0, 0.05) is 18.0 Å². The quantitative estimate of drug-likeness (QED) is 0.839. The number of fused-ring (bicyclic) bond motifs is 1. The Morgan fingerprint density at radius 1 is 1.41 bits per heavy atom. The van der Waals surface area contributed by atoms with Crippen LogP contribution in [-0.2, 0) is 11.2 Å². The number of hydrogen-bond donors (Lipinski definition) is 2. The largest absolute Gasteiger partial charge is 0.480 e. The van der Waals surface area contributed by atoms with Crippen LogP contribution in [-0.4, -0.2) is 21.6 Å². The smallest absolute Gasteiger partial charge is 0.323 e. The van der Waals surface area contributed by atoms with Gasteiger partial charge in [0.1, 0.15) is 5.54 Å². The Morgan fingerprint density at radius 3 is 2.82 bits per heavy atom. The van der Waals surface area contributed by atoms with E-state index in [9.17, 15) is 4.79 Å². The van der Waals surface area contributed by atoms with Gasteiger partial charge in [-0.05, 0) is 18.6 Å². The monoisotopic (exact) mass is 230 g/mol. The Kier molecular flexibility index (Phi) is 2.81. The number of carbonyl (C=O) groups is 1. The average molecular weight is 230 g/mol. The molecule has 0 fully saturated rings. The van der Waals surface area contributed by atoms with Gasteiger partial charge in [-0.3, -0.25) is 9.78 Å². The summed E-state index contributed by atoms with van der Waals surface area (Å²) in [6.07, 6.45) is 1.96. The molecule has 1 aromatic heterocycles. The van der Waals surface area contributed by atoms with Crippen molar-refractivity contribution >= 4 is 16.9 Å². The molecule has 4 heteroatoms. The number of carboxylic acid groups (broad SMARTS) is 1. The molecule has 0 aliphatic heterocycles. The van der Waals surface area contributed by atoms with Gasteiger partial charge in [-0.1, -0.05) is 24.3 Å². The van der Waals surface area contributed by atoms with Gasteiger partial charge >= 0.3 is 5.97 Å². The van der Waals surface area contributed by atoms with Crippen LogP contribution in [0.2, 0.25) is 0 Å². The van der Waals surface area contributed by atoms with E-state index >= 15 is 0 Å². The lowest BCUT2D eigenvalue weighted by Crippen LogP contribution is -2.46. The second-order valence-electron chi connectivity index (χ2n) is 4.39. The van der Waals surface area contributed by atoms with Crippen LogP contribution >= 0.6 is 0 Å². The van der Waals surface area contributed by atoms with Crippen molar-refractivity contribution in [2.45, 2.75) is 18.9 Å². The number of benzene rings is 1. The third-order valence-corrected chi connectivity index (χ3v) is 2.76. The molecule has 0 spiro atoms. The lowest BCUT2D eigenvalue weighted by Gasteiger charge is -2.19. The first-order valence-electron chi connectivity index (χ1n) is 5.35. The van der Waals surface area contributed by atoms with E-state index in [1.54, 1.807) is 6.20 Å². The number of rotatable bonds is 3. The topological polar surface area (TPSA) is 76.2 Å². The fraction of sp³-hybridized carbons (Fsp3) is 0.231. The normalized spacial score (nSPS) is 14.5. The minimum absolute atomic E-state index is 0.261. The van der Waals surface area contributed by atoms with E-state index in [1.807, 2.05) is 30.3 Å². The molecule has 1 heterocycles. The summed E-state index contributed by atoms with van der Waals surface area (Å²) in [5, 5.41) is 10.0. The summed E-state index contributed by atoms with van der Waals surface area (Å²) in [6.45, 7) is 1.51. The van der Waals surface area contributed by atoms with Crippen LogP contribution in [0.25, 0.3) is 10.9 Å². The molecule has 2 aromatic rings. The number of aromatic nitrogens is 1. The highest BCUT2D eigenvalue weighted by Crippen LogP contribution is 2.20. The van der Waals surface area contributed by atoms with Crippen molar-refractivity contribution in [3.63, 3.8) is 0 Å². The molecule has 4 nitrogen and oxygen atoms in total. The first-order chi connectivity index (χ1) is 8.00. The van der Waals surface area contributed by atoms with Crippen LogP contribution in [0.1, 0.15) is 12.5 Å². The molecule has 0 saturated carbocycles. The summed E-state index contributed by atoms with van der Waals surface area (Å²) in [5.74, 6) is -1.01. The van der Waals surface area contributed by atoms with Gasteiger partial charge in [-0.25, -0.2) is 0 Å². The second kappa shape index (κ2) is 4.14. The second-order valence-corrected chi connectivity index (χ2v) is 4.39. The van der Waals surface area contributed by atoms with Crippen molar-refractivity contribution < 1.29 is 9.90 Å². The van der Waals surface area contributed by atoms with Gasteiger partial charge in [0.05, 0.1) is 5.52 Å². The first-order valence-corrected chi connectivity index (χ1v) is 5.35. The zero-order chi connectivity index (χ0) is 12.5. The number of aliphatic carboxylic acids is 1. The summed E-state index contributed by atoms with van der Waals surface area (Å²) in [6, 6.07) is 9.49. The Balaban J connectivity index is 2.46. The predicted octanol–water partition coefficient (Wildman–Crippen LogP) is 1.58. The molecule has 17 heavy (non-hydrogen) atoms. The molecule has 0 radical (unpaired) electrons. The van der Waals surface area contributed by atoms with E-state index in [0.717, 1.165) is 16.5 Å². The van der Waals surface area contributed by atoms with Gasteiger partial charge in [-0.15, -0.1) is 0 Å². The Hall–Kier alpha value is -1.94. The molecular weight excluding hydrogens is 216 g/mol. The lowest BCUT2D eigenvalue weighted by molar-refractivity contribution is -0.142. The SMILES string of the molecule is C[C@@](N)(Cc1cccc2cccnc12)C(=O)O. The number of nitrogens with zero attached hydrogens (tertiary/aromatic N) is 1. The molecule has 88 valence electrons. The fourth-order valence-corrected chi connectivity index (χ4v) is 1.78. The van der Waals surface area contributed by atoms with Crippen molar-refractivity contribution in [3.8, 4) is 0 Å². The Bertz CT molecular complexity index is 559. The van der Waals surface area contributed by atoms with Crippen LogP contribution in [0.4, 0.5) is 0 Å². The molecule has 0 aliphatic rings.